The Balaban J connectivity index is 2.00. The number of benzene rings is 2. The highest BCUT2D eigenvalue weighted by Crippen LogP contribution is 2.36. The van der Waals surface area contributed by atoms with Crippen molar-refractivity contribution in [2.75, 3.05) is 19.5 Å². The fraction of sp³-hybridized carbons (Fsp3) is 0.158. The molecule has 27 heavy (non-hydrogen) atoms. The maximum absolute atomic E-state index is 14.0. The summed E-state index contributed by atoms with van der Waals surface area (Å²) >= 11 is 5.97. The van der Waals surface area contributed by atoms with Gasteiger partial charge in [-0.25, -0.2) is 4.39 Å². The number of methoxy groups -OCH3 is 2. The van der Waals surface area contributed by atoms with Crippen LogP contribution >= 0.6 is 11.6 Å². The molecule has 0 unspecified atom stereocenters. The van der Waals surface area contributed by atoms with E-state index in [4.69, 9.17) is 21.1 Å². The van der Waals surface area contributed by atoms with Gasteiger partial charge in [0.15, 0.2) is 17.3 Å². The van der Waals surface area contributed by atoms with Crippen LogP contribution in [0.15, 0.2) is 36.4 Å². The van der Waals surface area contributed by atoms with Crippen LogP contribution in [0.1, 0.15) is 16.1 Å². The minimum Gasteiger partial charge on any atom is -0.493 e. The molecule has 0 bridgehead atoms. The van der Waals surface area contributed by atoms with Crippen LogP contribution in [0.4, 0.5) is 10.2 Å². The lowest BCUT2D eigenvalue weighted by molar-refractivity contribution is 0.102. The van der Waals surface area contributed by atoms with Crippen molar-refractivity contribution in [2.24, 2.45) is 0 Å². The largest absolute Gasteiger partial charge is 0.493 e. The van der Waals surface area contributed by atoms with E-state index in [9.17, 15) is 9.18 Å². The normalized spacial score (nSPS) is 10.6. The third-order valence-electron chi connectivity index (χ3n) is 4.04. The van der Waals surface area contributed by atoms with Crippen molar-refractivity contribution in [3.05, 3.63) is 58.5 Å². The Hall–Kier alpha value is -3.06. The zero-order valence-corrected chi connectivity index (χ0v) is 15.6. The Morgan fingerprint density at radius 2 is 1.93 bits per heavy atom. The van der Waals surface area contributed by atoms with Crippen molar-refractivity contribution < 1.29 is 18.7 Å². The van der Waals surface area contributed by atoms with Crippen molar-refractivity contribution in [3.63, 3.8) is 0 Å². The molecule has 0 saturated carbocycles. The van der Waals surface area contributed by atoms with E-state index in [0.717, 1.165) is 11.3 Å². The van der Waals surface area contributed by atoms with Crippen LogP contribution in [0.5, 0.6) is 11.5 Å². The summed E-state index contributed by atoms with van der Waals surface area (Å²) in [4.78, 5) is 12.5. The molecule has 2 aromatic carbocycles. The van der Waals surface area contributed by atoms with E-state index in [1.807, 2.05) is 13.0 Å². The molecular weight excluding hydrogens is 373 g/mol. The van der Waals surface area contributed by atoms with Gasteiger partial charge in [-0.2, -0.15) is 5.10 Å². The number of carbonyl (C=O) groups excluding carboxylic acids is 1. The third kappa shape index (κ3) is 3.59. The predicted octanol–water partition coefficient (Wildman–Crippen LogP) is 4.45. The highest BCUT2D eigenvalue weighted by Gasteiger charge is 2.21. The molecular formula is C19H17ClFN3O3. The average molecular weight is 390 g/mol. The highest BCUT2D eigenvalue weighted by atomic mass is 35.5. The van der Waals surface area contributed by atoms with E-state index in [0.29, 0.717) is 17.1 Å². The molecule has 140 valence electrons. The summed E-state index contributed by atoms with van der Waals surface area (Å²) < 4.78 is 24.6. The van der Waals surface area contributed by atoms with Gasteiger partial charge in [-0.1, -0.05) is 23.7 Å². The number of aromatic nitrogens is 2. The predicted molar refractivity (Wildman–Crippen MR) is 101 cm³/mol. The van der Waals surface area contributed by atoms with Gasteiger partial charge in [-0.15, -0.1) is 0 Å². The number of anilines is 1. The molecule has 0 aliphatic carbocycles. The summed E-state index contributed by atoms with van der Waals surface area (Å²) in [6.45, 7) is 1.81. The Morgan fingerprint density at radius 1 is 1.19 bits per heavy atom. The van der Waals surface area contributed by atoms with E-state index in [2.05, 4.69) is 15.5 Å². The highest BCUT2D eigenvalue weighted by molar-refractivity contribution is 6.34. The molecule has 0 aliphatic heterocycles. The van der Waals surface area contributed by atoms with E-state index >= 15 is 0 Å². The molecule has 0 radical (unpaired) electrons. The van der Waals surface area contributed by atoms with Gasteiger partial charge in [0.1, 0.15) is 5.82 Å². The molecule has 0 aliphatic rings. The Kier molecular flexibility index (Phi) is 5.32. The number of ether oxygens (including phenoxy) is 2. The first-order valence-corrected chi connectivity index (χ1v) is 8.36. The fourth-order valence-electron chi connectivity index (χ4n) is 2.75. The Morgan fingerprint density at radius 3 is 2.59 bits per heavy atom. The van der Waals surface area contributed by atoms with Crippen molar-refractivity contribution in [3.8, 4) is 22.6 Å². The molecule has 0 atom stereocenters. The summed E-state index contributed by atoms with van der Waals surface area (Å²) in [5, 5.41) is 9.58. The maximum Gasteiger partial charge on any atom is 0.261 e. The molecule has 0 saturated heterocycles. The second-order valence-electron chi connectivity index (χ2n) is 5.69. The minimum absolute atomic E-state index is 0.0208. The topological polar surface area (TPSA) is 76.2 Å². The van der Waals surface area contributed by atoms with Crippen LogP contribution in [0, 0.1) is 12.7 Å². The first-order chi connectivity index (χ1) is 13.0. The van der Waals surface area contributed by atoms with Crippen LogP contribution in [0.25, 0.3) is 11.1 Å². The number of rotatable bonds is 5. The second kappa shape index (κ2) is 7.67. The first-order valence-electron chi connectivity index (χ1n) is 7.99. The number of aryl methyl sites for hydroxylation is 1. The lowest BCUT2D eigenvalue weighted by Crippen LogP contribution is -2.15. The number of nitrogens with one attached hydrogen (secondary N) is 2. The van der Waals surface area contributed by atoms with E-state index in [-0.39, 0.29) is 16.4 Å². The van der Waals surface area contributed by atoms with Gasteiger partial charge in [0, 0.05) is 11.3 Å². The van der Waals surface area contributed by atoms with Gasteiger partial charge < -0.3 is 14.8 Å². The third-order valence-corrected chi connectivity index (χ3v) is 4.36. The smallest absolute Gasteiger partial charge is 0.261 e. The van der Waals surface area contributed by atoms with Gasteiger partial charge in [0.25, 0.3) is 5.91 Å². The Labute approximate surface area is 160 Å². The molecule has 3 rings (SSSR count). The number of aromatic amines is 1. The van der Waals surface area contributed by atoms with Crippen LogP contribution in [-0.2, 0) is 0 Å². The standard InChI is InChI=1S/C19H17ClFN3O3/c1-10-16(11-7-8-14(26-2)15(9-11)27-3)18(24-23-10)22-19(25)17-12(20)5-4-6-13(17)21/h4-9H,1-3H3,(H2,22,23,24,25). The van der Waals surface area contributed by atoms with Gasteiger partial charge in [-0.05, 0) is 36.8 Å². The van der Waals surface area contributed by atoms with E-state index in [1.165, 1.54) is 25.3 Å². The lowest BCUT2D eigenvalue weighted by Gasteiger charge is -2.11. The molecule has 3 aromatic rings. The molecule has 0 spiro atoms. The van der Waals surface area contributed by atoms with E-state index in [1.54, 1.807) is 19.2 Å². The average Bonchev–Trinajstić information content (AvgIpc) is 3.01. The number of amides is 1. The first kappa shape index (κ1) is 18.7. The zero-order chi connectivity index (χ0) is 19.6. The van der Waals surface area contributed by atoms with Crippen LogP contribution in [0.2, 0.25) is 5.02 Å². The van der Waals surface area contributed by atoms with Crippen LogP contribution in [0.3, 0.4) is 0 Å². The van der Waals surface area contributed by atoms with Crippen molar-refractivity contribution >= 4 is 23.3 Å². The van der Waals surface area contributed by atoms with Gasteiger partial charge >= 0.3 is 0 Å². The molecule has 6 nitrogen and oxygen atoms in total. The van der Waals surface area contributed by atoms with Gasteiger partial charge in [0.05, 0.1) is 24.8 Å². The number of halogens is 2. The molecule has 1 amide bonds. The monoisotopic (exact) mass is 389 g/mol. The lowest BCUT2D eigenvalue weighted by atomic mass is 10.0. The fourth-order valence-corrected chi connectivity index (χ4v) is 3.00. The van der Waals surface area contributed by atoms with Crippen molar-refractivity contribution in [1.29, 1.82) is 0 Å². The zero-order valence-electron chi connectivity index (χ0n) is 14.9. The number of hydrogen-bond acceptors (Lipinski definition) is 4. The second-order valence-corrected chi connectivity index (χ2v) is 6.10. The van der Waals surface area contributed by atoms with Crippen molar-refractivity contribution in [1.82, 2.24) is 10.2 Å². The van der Waals surface area contributed by atoms with E-state index < -0.39 is 11.7 Å². The SMILES string of the molecule is COc1ccc(-c2c(NC(=O)c3c(F)cccc3Cl)n[nH]c2C)cc1OC. The number of carbonyl (C=O) groups is 1. The summed E-state index contributed by atoms with van der Waals surface area (Å²) in [6, 6.07) is 9.38. The van der Waals surface area contributed by atoms with Crippen LogP contribution < -0.4 is 14.8 Å². The summed E-state index contributed by atoms with van der Waals surface area (Å²) in [7, 11) is 3.08. The summed E-state index contributed by atoms with van der Waals surface area (Å²) in [6.07, 6.45) is 0. The maximum atomic E-state index is 14.0. The molecule has 1 aromatic heterocycles. The van der Waals surface area contributed by atoms with Gasteiger partial charge in [-0.3, -0.25) is 9.89 Å². The summed E-state index contributed by atoms with van der Waals surface area (Å²) in [5.74, 6) is -0.0357. The summed E-state index contributed by atoms with van der Waals surface area (Å²) in [5.41, 5.74) is 1.88. The number of H-pyrrole nitrogens is 1. The quantitative estimate of drug-likeness (QED) is 0.676. The molecule has 0 fully saturated rings. The minimum atomic E-state index is -0.708. The number of hydrogen-bond donors (Lipinski definition) is 2. The molecule has 1 heterocycles. The van der Waals surface area contributed by atoms with Crippen molar-refractivity contribution in [2.45, 2.75) is 6.92 Å². The van der Waals surface area contributed by atoms with Gasteiger partial charge in [0.2, 0.25) is 0 Å². The molecule has 2 N–H and O–H groups in total. The number of nitrogens with zero attached hydrogens (tertiary/aromatic N) is 1. The van der Waals surface area contributed by atoms with Crippen LogP contribution in [-0.4, -0.2) is 30.3 Å². The Bertz CT molecular complexity index is 984. The molecule has 8 heteroatoms.